The second-order valence-corrected chi connectivity index (χ2v) is 18.4. The maximum Gasteiger partial charge on any atom is 0.143 e. The predicted molar refractivity (Wildman–Crippen MR) is 289 cm³/mol. The summed E-state index contributed by atoms with van der Waals surface area (Å²) in [5.41, 5.74) is 16.7. The fourth-order valence-corrected chi connectivity index (χ4v) is 11.6. The van der Waals surface area contributed by atoms with Crippen LogP contribution < -0.4 is 4.90 Å². The fraction of sp³-hybridized carbons (Fsp3) is 0.0149. The monoisotopic (exact) mass is 877 g/mol. The Morgan fingerprint density at radius 3 is 1.70 bits per heavy atom. The molecule has 2 nitrogen and oxygen atoms in total. The van der Waals surface area contributed by atoms with Crippen LogP contribution >= 0.6 is 0 Å². The molecule has 2 heteroatoms. The molecule has 0 bridgehead atoms. The topological polar surface area (TPSA) is 16.4 Å². The van der Waals surface area contributed by atoms with Gasteiger partial charge in [-0.2, -0.15) is 0 Å². The molecule has 322 valence electrons. The molecule has 0 unspecified atom stereocenters. The Morgan fingerprint density at radius 1 is 0.304 bits per heavy atom. The van der Waals surface area contributed by atoms with E-state index in [1.807, 2.05) is 0 Å². The van der Waals surface area contributed by atoms with Gasteiger partial charge in [-0.25, -0.2) is 0 Å². The number of rotatable bonds is 7. The van der Waals surface area contributed by atoms with E-state index in [2.05, 4.69) is 266 Å². The number of hydrogen-bond donors (Lipinski definition) is 0. The molecule has 0 fully saturated rings. The first-order chi connectivity index (χ1) is 34.2. The normalized spacial score (nSPS) is 12.8. The number of nitrogens with zero attached hydrogens (tertiary/aromatic N) is 1. The highest BCUT2D eigenvalue weighted by molar-refractivity contribution is 6.19. The van der Waals surface area contributed by atoms with Gasteiger partial charge >= 0.3 is 0 Å². The third-order valence-electron chi connectivity index (χ3n) is 14.7. The average molecular weight is 878 g/mol. The summed E-state index contributed by atoms with van der Waals surface area (Å²) in [5.74, 6) is 0. The third-order valence-corrected chi connectivity index (χ3v) is 14.7. The molecule has 1 heterocycles. The van der Waals surface area contributed by atoms with E-state index < -0.39 is 5.41 Å². The minimum atomic E-state index is -0.536. The van der Waals surface area contributed by atoms with Crippen molar-refractivity contribution in [2.45, 2.75) is 5.41 Å². The smallest absolute Gasteiger partial charge is 0.143 e. The summed E-state index contributed by atoms with van der Waals surface area (Å²) in [7, 11) is 0. The van der Waals surface area contributed by atoms with Crippen molar-refractivity contribution in [1.82, 2.24) is 0 Å². The summed E-state index contributed by atoms with van der Waals surface area (Å²) >= 11 is 0. The zero-order chi connectivity index (χ0) is 45.5. The van der Waals surface area contributed by atoms with Crippen LogP contribution in [0.4, 0.5) is 17.1 Å². The second kappa shape index (κ2) is 15.6. The number of anilines is 3. The lowest BCUT2D eigenvalue weighted by Gasteiger charge is -2.35. The van der Waals surface area contributed by atoms with Gasteiger partial charge in [0.25, 0.3) is 0 Å². The number of furan rings is 1. The van der Waals surface area contributed by atoms with Crippen LogP contribution in [0.25, 0.3) is 87.6 Å². The predicted octanol–water partition coefficient (Wildman–Crippen LogP) is 18.2. The molecule has 1 aliphatic carbocycles. The Hall–Kier alpha value is -8.98. The fourth-order valence-electron chi connectivity index (χ4n) is 11.6. The van der Waals surface area contributed by atoms with Crippen molar-refractivity contribution in [2.24, 2.45) is 0 Å². The van der Waals surface area contributed by atoms with Crippen molar-refractivity contribution in [3.63, 3.8) is 0 Å². The van der Waals surface area contributed by atoms with Gasteiger partial charge in [0.1, 0.15) is 11.2 Å². The molecule has 0 spiro atoms. The van der Waals surface area contributed by atoms with Crippen LogP contribution in [0, 0.1) is 0 Å². The van der Waals surface area contributed by atoms with Crippen molar-refractivity contribution >= 4 is 71.3 Å². The van der Waals surface area contributed by atoms with Crippen molar-refractivity contribution < 1.29 is 4.42 Å². The van der Waals surface area contributed by atoms with Crippen LogP contribution in [0.2, 0.25) is 0 Å². The molecular formula is C67H43NO. The standard InChI is InChI=1S/C67H43NO/c1-3-18-50(19-4-1)67(51-20-5-2-6-21-51)62-27-12-11-25-59(62)60-40-37-54(43-63(60)67)68(52-35-31-44(32-36-52)47-34-38-56-49(41-47)30-29-45-15-7-9-23-55(45)56)53-22-13-17-48(42-53)57-26-14-28-64-65(57)61-39-33-46-16-8-10-24-58(46)66(61)69-64/h1-43H. The summed E-state index contributed by atoms with van der Waals surface area (Å²) < 4.78 is 6.69. The third kappa shape index (κ3) is 6.06. The maximum atomic E-state index is 6.69. The zero-order valence-corrected chi connectivity index (χ0v) is 37.7. The van der Waals surface area contributed by atoms with Crippen LogP contribution in [0.3, 0.4) is 0 Å². The molecule has 12 aromatic carbocycles. The van der Waals surface area contributed by atoms with E-state index in [4.69, 9.17) is 4.42 Å². The van der Waals surface area contributed by atoms with Gasteiger partial charge in [0.2, 0.25) is 0 Å². The van der Waals surface area contributed by atoms with E-state index in [1.165, 1.54) is 71.4 Å². The van der Waals surface area contributed by atoms with Crippen molar-refractivity contribution in [2.75, 3.05) is 4.90 Å². The number of benzene rings is 12. The van der Waals surface area contributed by atoms with Gasteiger partial charge in [-0.1, -0.05) is 206 Å². The van der Waals surface area contributed by atoms with Crippen LogP contribution in [0.5, 0.6) is 0 Å². The Balaban J connectivity index is 0.964. The van der Waals surface area contributed by atoms with E-state index in [1.54, 1.807) is 0 Å². The summed E-state index contributed by atoms with van der Waals surface area (Å²) in [5, 5.41) is 9.59. The molecule has 69 heavy (non-hydrogen) atoms. The first-order valence-corrected chi connectivity index (χ1v) is 23.8. The summed E-state index contributed by atoms with van der Waals surface area (Å²) in [6, 6.07) is 95.7. The van der Waals surface area contributed by atoms with Gasteiger partial charge in [-0.05, 0) is 137 Å². The van der Waals surface area contributed by atoms with Crippen molar-refractivity contribution in [1.29, 1.82) is 0 Å². The Kier molecular flexibility index (Phi) is 8.84. The summed E-state index contributed by atoms with van der Waals surface area (Å²) in [6.45, 7) is 0. The molecular weight excluding hydrogens is 835 g/mol. The highest BCUT2D eigenvalue weighted by Crippen LogP contribution is 2.57. The first-order valence-electron chi connectivity index (χ1n) is 23.8. The van der Waals surface area contributed by atoms with Crippen LogP contribution in [0.1, 0.15) is 22.3 Å². The molecule has 0 aliphatic heterocycles. The molecule has 0 N–H and O–H groups in total. The maximum absolute atomic E-state index is 6.69. The number of hydrogen-bond acceptors (Lipinski definition) is 2. The first kappa shape index (κ1) is 39.2. The zero-order valence-electron chi connectivity index (χ0n) is 37.7. The van der Waals surface area contributed by atoms with E-state index in [0.29, 0.717) is 0 Å². The van der Waals surface area contributed by atoms with Crippen LogP contribution in [-0.4, -0.2) is 0 Å². The quantitative estimate of drug-likeness (QED) is 0.148. The molecule has 0 saturated heterocycles. The highest BCUT2D eigenvalue weighted by Gasteiger charge is 2.46. The minimum absolute atomic E-state index is 0.536. The van der Waals surface area contributed by atoms with Gasteiger partial charge in [0.05, 0.1) is 5.41 Å². The van der Waals surface area contributed by atoms with E-state index in [-0.39, 0.29) is 0 Å². The van der Waals surface area contributed by atoms with Crippen LogP contribution in [-0.2, 0) is 5.41 Å². The summed E-state index contributed by atoms with van der Waals surface area (Å²) in [6.07, 6.45) is 0. The van der Waals surface area contributed by atoms with Crippen LogP contribution in [0.15, 0.2) is 265 Å². The lowest BCUT2D eigenvalue weighted by molar-refractivity contribution is 0.673. The van der Waals surface area contributed by atoms with E-state index in [9.17, 15) is 0 Å². The highest BCUT2D eigenvalue weighted by atomic mass is 16.3. The second-order valence-electron chi connectivity index (χ2n) is 18.4. The largest absolute Gasteiger partial charge is 0.455 e. The van der Waals surface area contributed by atoms with Gasteiger partial charge in [0.15, 0.2) is 0 Å². The lowest BCUT2D eigenvalue weighted by Crippen LogP contribution is -2.28. The molecule has 0 amide bonds. The Bertz CT molecular complexity index is 4090. The molecule has 0 saturated carbocycles. The van der Waals surface area contributed by atoms with Crippen molar-refractivity contribution in [3.05, 3.63) is 283 Å². The Morgan fingerprint density at radius 2 is 0.884 bits per heavy atom. The van der Waals surface area contributed by atoms with Gasteiger partial charge in [-0.15, -0.1) is 0 Å². The molecule has 0 atom stereocenters. The molecule has 1 aliphatic rings. The van der Waals surface area contributed by atoms with Crippen molar-refractivity contribution in [3.8, 4) is 33.4 Å². The average Bonchev–Trinajstić information content (AvgIpc) is 3.96. The molecule has 0 radical (unpaired) electrons. The lowest BCUT2D eigenvalue weighted by atomic mass is 9.67. The van der Waals surface area contributed by atoms with E-state index in [0.717, 1.165) is 55.5 Å². The van der Waals surface area contributed by atoms with E-state index >= 15 is 0 Å². The number of fused-ring (bicyclic) bond motifs is 11. The SMILES string of the molecule is c1ccc(C2(c3ccccc3)c3ccccc3-c3ccc(N(c4ccc(-c5ccc6c(ccc7ccccc76)c5)cc4)c4cccc(-c5cccc6oc7c8ccccc8ccc7c56)c4)cc32)cc1. The van der Waals surface area contributed by atoms with Gasteiger partial charge < -0.3 is 9.32 Å². The Labute approximate surface area is 400 Å². The molecule has 1 aromatic heterocycles. The van der Waals surface area contributed by atoms with Gasteiger partial charge in [-0.3, -0.25) is 0 Å². The van der Waals surface area contributed by atoms with Gasteiger partial charge in [0, 0.05) is 33.2 Å². The minimum Gasteiger partial charge on any atom is -0.455 e. The molecule has 14 rings (SSSR count). The molecule has 13 aromatic rings. The summed E-state index contributed by atoms with van der Waals surface area (Å²) in [4.78, 5) is 2.44.